The number of hydrogen-bond acceptors (Lipinski definition) is 8. The van der Waals surface area contributed by atoms with Crippen molar-refractivity contribution in [1.82, 2.24) is 15.0 Å². The van der Waals surface area contributed by atoms with Crippen LogP contribution >= 0.6 is 11.6 Å². The van der Waals surface area contributed by atoms with Crippen LogP contribution in [0.1, 0.15) is 41.8 Å². The topological polar surface area (TPSA) is 86.9 Å². The SMILES string of the molecule is Cc1cc(CC(=O)Cc2ccc(Oc3ccnc4cc(OCCCN5CCC6(CC5)COC6)c(C)cc34)cc2Cl)no1. The molecule has 0 saturated carbocycles. The van der Waals surface area contributed by atoms with Crippen LogP contribution in [0.4, 0.5) is 0 Å². The molecule has 0 radical (unpaired) electrons. The zero-order valence-corrected chi connectivity index (χ0v) is 24.9. The van der Waals surface area contributed by atoms with Gasteiger partial charge in [-0.3, -0.25) is 9.78 Å². The molecule has 0 unspecified atom stereocenters. The van der Waals surface area contributed by atoms with Crippen LogP contribution in [-0.4, -0.2) is 60.3 Å². The van der Waals surface area contributed by atoms with Crippen molar-refractivity contribution >= 4 is 28.3 Å². The van der Waals surface area contributed by atoms with Gasteiger partial charge in [0, 0.05) is 47.1 Å². The molecule has 6 rings (SSSR count). The number of halogens is 1. The Bertz CT molecular complexity index is 1570. The van der Waals surface area contributed by atoms with E-state index in [9.17, 15) is 4.79 Å². The van der Waals surface area contributed by atoms with Gasteiger partial charge in [-0.2, -0.15) is 0 Å². The van der Waals surface area contributed by atoms with E-state index < -0.39 is 0 Å². The Morgan fingerprint density at radius 2 is 1.88 bits per heavy atom. The van der Waals surface area contributed by atoms with Crippen molar-refractivity contribution in [3.8, 4) is 17.2 Å². The summed E-state index contributed by atoms with van der Waals surface area (Å²) in [7, 11) is 0. The van der Waals surface area contributed by atoms with Crippen LogP contribution in [0.15, 0.2) is 53.2 Å². The third-order valence-electron chi connectivity index (χ3n) is 8.30. The number of likely N-dealkylation sites (tertiary alicyclic amines) is 1. The zero-order valence-electron chi connectivity index (χ0n) is 24.2. The molecule has 42 heavy (non-hydrogen) atoms. The van der Waals surface area contributed by atoms with E-state index in [2.05, 4.69) is 21.1 Å². The highest BCUT2D eigenvalue weighted by atomic mass is 35.5. The molecule has 8 nitrogen and oxygen atoms in total. The molecule has 0 N–H and O–H groups in total. The molecule has 2 aromatic carbocycles. The van der Waals surface area contributed by atoms with Gasteiger partial charge in [0.05, 0.1) is 37.5 Å². The number of fused-ring (bicyclic) bond motifs is 1. The molecule has 4 heterocycles. The van der Waals surface area contributed by atoms with Crippen LogP contribution in [0.25, 0.3) is 10.9 Å². The Morgan fingerprint density at radius 3 is 2.60 bits per heavy atom. The quantitative estimate of drug-likeness (QED) is 0.183. The molecule has 2 fully saturated rings. The third kappa shape index (κ3) is 6.61. The summed E-state index contributed by atoms with van der Waals surface area (Å²) in [5.74, 6) is 2.80. The molecule has 2 aliphatic heterocycles. The van der Waals surface area contributed by atoms with Crippen molar-refractivity contribution in [3.63, 3.8) is 0 Å². The second-order valence-corrected chi connectivity index (χ2v) is 12.1. The van der Waals surface area contributed by atoms with Gasteiger partial charge in [0.1, 0.15) is 28.8 Å². The summed E-state index contributed by atoms with van der Waals surface area (Å²) >= 11 is 6.54. The maximum atomic E-state index is 12.5. The van der Waals surface area contributed by atoms with Crippen molar-refractivity contribution in [2.75, 3.05) is 39.5 Å². The first-order valence-electron chi connectivity index (χ1n) is 14.6. The highest BCUT2D eigenvalue weighted by Gasteiger charge is 2.40. The highest BCUT2D eigenvalue weighted by molar-refractivity contribution is 6.31. The number of piperidine rings is 1. The molecule has 2 aromatic heterocycles. The molecular formula is C33H36ClN3O5. The zero-order chi connectivity index (χ0) is 29.1. The summed E-state index contributed by atoms with van der Waals surface area (Å²) in [6.07, 6.45) is 5.62. The van der Waals surface area contributed by atoms with Crippen molar-refractivity contribution < 1.29 is 23.5 Å². The minimum atomic E-state index is 0.0105. The second-order valence-electron chi connectivity index (χ2n) is 11.7. The number of aryl methyl sites for hydroxylation is 2. The molecule has 4 aromatic rings. The Labute approximate surface area is 250 Å². The molecule has 0 bridgehead atoms. The third-order valence-corrected chi connectivity index (χ3v) is 8.65. The van der Waals surface area contributed by atoms with Gasteiger partial charge in [-0.25, -0.2) is 0 Å². The van der Waals surface area contributed by atoms with Gasteiger partial charge < -0.3 is 23.6 Å². The Hall–Kier alpha value is -3.46. The van der Waals surface area contributed by atoms with Crippen molar-refractivity contribution in [2.45, 2.75) is 46.0 Å². The number of benzene rings is 2. The van der Waals surface area contributed by atoms with Crippen molar-refractivity contribution in [2.24, 2.45) is 5.41 Å². The van der Waals surface area contributed by atoms with Crippen molar-refractivity contribution in [1.29, 1.82) is 0 Å². The minimum absolute atomic E-state index is 0.0105. The minimum Gasteiger partial charge on any atom is -0.493 e. The maximum absolute atomic E-state index is 12.5. The van der Waals surface area contributed by atoms with E-state index in [1.807, 2.05) is 31.2 Å². The van der Waals surface area contributed by atoms with E-state index in [0.29, 0.717) is 40.0 Å². The summed E-state index contributed by atoms with van der Waals surface area (Å²) in [4.78, 5) is 19.6. The Kier molecular flexibility index (Phi) is 8.47. The second kappa shape index (κ2) is 12.4. The lowest BCUT2D eigenvalue weighted by Gasteiger charge is -2.47. The average molecular weight is 590 g/mol. The smallest absolute Gasteiger partial charge is 0.143 e. The Balaban J connectivity index is 1.05. The summed E-state index contributed by atoms with van der Waals surface area (Å²) in [5, 5.41) is 5.26. The summed E-state index contributed by atoms with van der Waals surface area (Å²) in [5.41, 5.74) is 3.66. The molecule has 1 spiro atoms. The number of rotatable bonds is 11. The number of Topliss-reactive ketones (excluding diaryl/α,β-unsaturated/α-hetero) is 1. The molecule has 9 heteroatoms. The van der Waals surface area contributed by atoms with Crippen LogP contribution in [0, 0.1) is 19.3 Å². The summed E-state index contributed by atoms with van der Waals surface area (Å²) in [6, 6.07) is 13.0. The van der Waals surface area contributed by atoms with Gasteiger partial charge in [0.25, 0.3) is 0 Å². The first kappa shape index (κ1) is 28.6. The van der Waals surface area contributed by atoms with Crippen LogP contribution in [0.3, 0.4) is 0 Å². The van der Waals surface area contributed by atoms with Crippen LogP contribution in [-0.2, 0) is 22.4 Å². The lowest BCUT2D eigenvalue weighted by molar-refractivity contribution is -0.139. The number of pyridine rings is 1. The Morgan fingerprint density at radius 1 is 1.05 bits per heavy atom. The van der Waals surface area contributed by atoms with Crippen LogP contribution < -0.4 is 9.47 Å². The predicted molar refractivity (Wildman–Crippen MR) is 161 cm³/mol. The lowest BCUT2D eigenvalue weighted by Crippen LogP contribution is -2.51. The van der Waals surface area contributed by atoms with Gasteiger partial charge in [-0.05, 0) is 81.6 Å². The van der Waals surface area contributed by atoms with Gasteiger partial charge in [-0.1, -0.05) is 22.8 Å². The number of ketones is 1. The highest BCUT2D eigenvalue weighted by Crippen LogP contribution is 2.38. The number of aromatic nitrogens is 2. The van der Waals surface area contributed by atoms with E-state index in [-0.39, 0.29) is 18.6 Å². The lowest BCUT2D eigenvalue weighted by atomic mass is 9.77. The van der Waals surface area contributed by atoms with Gasteiger partial charge in [-0.15, -0.1) is 0 Å². The van der Waals surface area contributed by atoms with Crippen LogP contribution in [0.5, 0.6) is 17.2 Å². The number of carbonyl (C=O) groups is 1. The van der Waals surface area contributed by atoms with E-state index in [0.717, 1.165) is 67.0 Å². The fraction of sp³-hybridized carbons (Fsp3) is 0.424. The molecule has 2 saturated heterocycles. The average Bonchev–Trinajstić information content (AvgIpc) is 3.36. The first-order chi connectivity index (χ1) is 20.4. The van der Waals surface area contributed by atoms with Gasteiger partial charge in [0.2, 0.25) is 0 Å². The predicted octanol–water partition coefficient (Wildman–Crippen LogP) is 6.52. The normalized spacial score (nSPS) is 16.5. The van der Waals surface area contributed by atoms with Crippen molar-refractivity contribution in [3.05, 3.63) is 76.3 Å². The monoisotopic (exact) mass is 589 g/mol. The summed E-state index contributed by atoms with van der Waals surface area (Å²) in [6.45, 7) is 9.75. The molecule has 0 atom stereocenters. The van der Waals surface area contributed by atoms with Gasteiger partial charge >= 0.3 is 0 Å². The number of ether oxygens (including phenoxy) is 3. The van der Waals surface area contributed by atoms with E-state index in [4.69, 9.17) is 30.3 Å². The standard InChI is InChI=1S/C33H36ClN3O5/c1-22-14-28-30(19-32(22)40-13-3-10-37-11-7-33(8-12-37)20-39-21-33)35-9-6-31(28)41-27-5-4-24(29(34)18-27)16-26(38)17-25-15-23(2)42-36-25/h4-6,9,14-15,18-19H,3,7-8,10-13,16-17,20-21H2,1-2H3. The molecule has 220 valence electrons. The van der Waals surface area contributed by atoms with Gasteiger partial charge in [0.15, 0.2) is 0 Å². The van der Waals surface area contributed by atoms with E-state index >= 15 is 0 Å². The molecule has 0 aliphatic carbocycles. The largest absolute Gasteiger partial charge is 0.493 e. The van der Waals surface area contributed by atoms with Crippen LogP contribution in [0.2, 0.25) is 5.02 Å². The summed E-state index contributed by atoms with van der Waals surface area (Å²) < 4.78 is 22.9. The molecular weight excluding hydrogens is 554 g/mol. The number of nitrogens with zero attached hydrogens (tertiary/aromatic N) is 3. The van der Waals surface area contributed by atoms with E-state index in [1.165, 1.54) is 12.8 Å². The van der Waals surface area contributed by atoms with E-state index in [1.54, 1.807) is 25.3 Å². The molecule has 2 aliphatic rings. The molecule has 0 amide bonds. The number of hydrogen-bond donors (Lipinski definition) is 0. The fourth-order valence-corrected chi connectivity index (χ4v) is 5.98. The maximum Gasteiger partial charge on any atom is 0.143 e. The first-order valence-corrected chi connectivity index (χ1v) is 15.0. The number of carbonyl (C=O) groups excluding carboxylic acids is 1. The fourth-order valence-electron chi connectivity index (χ4n) is 5.74.